The molecule has 0 aliphatic carbocycles. The molecule has 1 unspecified atom stereocenters. The van der Waals surface area contributed by atoms with E-state index in [2.05, 4.69) is 81.5 Å². The van der Waals surface area contributed by atoms with Gasteiger partial charge in [-0.3, -0.25) is 14.4 Å². The topological polar surface area (TPSA) is 78.9 Å². The lowest BCUT2D eigenvalue weighted by Crippen LogP contribution is -2.30. The summed E-state index contributed by atoms with van der Waals surface area (Å²) in [6.45, 7) is 6.57. The van der Waals surface area contributed by atoms with Crippen LogP contribution in [-0.2, 0) is 28.6 Å². The van der Waals surface area contributed by atoms with Gasteiger partial charge in [-0.2, -0.15) is 0 Å². The molecule has 0 aliphatic heterocycles. The van der Waals surface area contributed by atoms with Gasteiger partial charge in [0, 0.05) is 19.3 Å². The van der Waals surface area contributed by atoms with E-state index in [0.717, 1.165) is 77.0 Å². The summed E-state index contributed by atoms with van der Waals surface area (Å²) >= 11 is 0. The summed E-state index contributed by atoms with van der Waals surface area (Å²) < 4.78 is 17.0. The summed E-state index contributed by atoms with van der Waals surface area (Å²) in [6.07, 6.45) is 80.8. The SMILES string of the molecule is CC/C=C\C/C=C\C/C=C\CCCCCCCCCCCC(=O)OCC(COC(=O)CCCCCCCCC/C=C\CCCCCCCCCC)OC(=O)CCCCCCCCC/C=C\CCCCCCCCCC. The van der Waals surface area contributed by atoms with Gasteiger partial charge in [0.05, 0.1) is 0 Å². The molecule has 0 spiro atoms. The third-order valence-electron chi connectivity index (χ3n) is 14.5. The molecular formula is C69H124O6. The van der Waals surface area contributed by atoms with E-state index in [0.29, 0.717) is 19.3 Å². The van der Waals surface area contributed by atoms with Crippen molar-refractivity contribution in [3.05, 3.63) is 60.8 Å². The normalized spacial score (nSPS) is 12.4. The van der Waals surface area contributed by atoms with E-state index in [1.165, 1.54) is 225 Å². The zero-order chi connectivity index (χ0) is 54.3. The standard InChI is InChI=1S/C69H124O6/c1-4-7-10-13-16-19-22-25-28-31-34-37-40-43-46-49-52-55-58-61-67(70)73-64-66(75-69(72)63-60-57-54-51-48-45-42-39-36-33-30-27-24-21-18-15-12-9-6-3)65-74-68(71)62-59-56-53-50-47-44-41-38-35-32-29-26-23-20-17-14-11-8-5-2/h7,10,16,19,25,28,32-33,35-36,66H,4-6,8-9,11-15,17-18,20-24,26-27,29-31,34,37-65H2,1-3H3/b10-7-,19-16-,28-25-,35-32-,36-33-. The van der Waals surface area contributed by atoms with Crippen molar-refractivity contribution >= 4 is 17.9 Å². The first-order valence-corrected chi connectivity index (χ1v) is 32.8. The lowest BCUT2D eigenvalue weighted by Gasteiger charge is -2.18. The molecule has 0 fully saturated rings. The van der Waals surface area contributed by atoms with Crippen LogP contribution in [0.4, 0.5) is 0 Å². The maximum atomic E-state index is 12.9. The van der Waals surface area contributed by atoms with Crippen LogP contribution in [0.3, 0.4) is 0 Å². The minimum Gasteiger partial charge on any atom is -0.462 e. The van der Waals surface area contributed by atoms with Crippen molar-refractivity contribution < 1.29 is 28.6 Å². The van der Waals surface area contributed by atoms with Crippen LogP contribution in [-0.4, -0.2) is 37.2 Å². The highest BCUT2D eigenvalue weighted by molar-refractivity contribution is 5.71. The second kappa shape index (κ2) is 63.6. The molecule has 0 rings (SSSR count). The van der Waals surface area contributed by atoms with Gasteiger partial charge in [0.2, 0.25) is 0 Å². The number of esters is 3. The molecule has 1 atom stereocenters. The van der Waals surface area contributed by atoms with Gasteiger partial charge in [0.1, 0.15) is 13.2 Å². The minimum absolute atomic E-state index is 0.0778. The molecule has 0 aromatic carbocycles. The van der Waals surface area contributed by atoms with Gasteiger partial charge < -0.3 is 14.2 Å². The van der Waals surface area contributed by atoms with Crippen LogP contribution in [0.15, 0.2) is 60.8 Å². The Kier molecular flexibility index (Phi) is 61.2. The van der Waals surface area contributed by atoms with E-state index in [9.17, 15) is 14.4 Å². The van der Waals surface area contributed by atoms with Crippen LogP contribution in [0.2, 0.25) is 0 Å². The zero-order valence-electron chi connectivity index (χ0n) is 50.1. The molecule has 436 valence electrons. The van der Waals surface area contributed by atoms with Gasteiger partial charge in [0.25, 0.3) is 0 Å². The van der Waals surface area contributed by atoms with Crippen LogP contribution in [0.5, 0.6) is 0 Å². The number of carbonyl (C=O) groups excluding carboxylic acids is 3. The number of hydrogen-bond acceptors (Lipinski definition) is 6. The van der Waals surface area contributed by atoms with E-state index >= 15 is 0 Å². The second-order valence-corrected chi connectivity index (χ2v) is 22.0. The summed E-state index contributed by atoms with van der Waals surface area (Å²) in [7, 11) is 0. The van der Waals surface area contributed by atoms with Crippen molar-refractivity contribution in [2.45, 2.75) is 348 Å². The molecule has 0 heterocycles. The highest BCUT2D eigenvalue weighted by atomic mass is 16.6. The van der Waals surface area contributed by atoms with E-state index in [1.54, 1.807) is 0 Å². The lowest BCUT2D eigenvalue weighted by atomic mass is 10.1. The zero-order valence-corrected chi connectivity index (χ0v) is 50.1. The summed E-state index contributed by atoms with van der Waals surface area (Å²) in [5.41, 5.74) is 0. The van der Waals surface area contributed by atoms with Gasteiger partial charge >= 0.3 is 17.9 Å². The Hall–Kier alpha value is -2.89. The quantitative estimate of drug-likeness (QED) is 0.0261. The monoisotopic (exact) mass is 1050 g/mol. The molecule has 6 nitrogen and oxygen atoms in total. The lowest BCUT2D eigenvalue weighted by molar-refractivity contribution is -0.167. The van der Waals surface area contributed by atoms with Crippen molar-refractivity contribution in [3.63, 3.8) is 0 Å². The minimum atomic E-state index is -0.782. The Bertz CT molecular complexity index is 1340. The Balaban J connectivity index is 4.37. The maximum absolute atomic E-state index is 12.9. The van der Waals surface area contributed by atoms with Crippen molar-refractivity contribution in [2.75, 3.05) is 13.2 Å². The van der Waals surface area contributed by atoms with E-state index in [-0.39, 0.29) is 31.1 Å². The molecule has 0 aliphatic rings. The third-order valence-corrected chi connectivity index (χ3v) is 14.5. The Morgan fingerprint density at radius 3 is 0.827 bits per heavy atom. The van der Waals surface area contributed by atoms with Crippen LogP contribution in [0.1, 0.15) is 342 Å². The van der Waals surface area contributed by atoms with Crippen molar-refractivity contribution in [1.29, 1.82) is 0 Å². The fraction of sp³-hybridized carbons (Fsp3) is 0.812. The third kappa shape index (κ3) is 61.8. The fourth-order valence-electron chi connectivity index (χ4n) is 9.57. The Morgan fingerprint density at radius 1 is 0.280 bits per heavy atom. The van der Waals surface area contributed by atoms with Crippen LogP contribution >= 0.6 is 0 Å². The van der Waals surface area contributed by atoms with Gasteiger partial charge in [-0.05, 0) is 103 Å². The van der Waals surface area contributed by atoms with Gasteiger partial charge in [0.15, 0.2) is 6.10 Å². The number of allylic oxidation sites excluding steroid dienone is 10. The Morgan fingerprint density at radius 2 is 0.520 bits per heavy atom. The number of ether oxygens (including phenoxy) is 3. The van der Waals surface area contributed by atoms with Gasteiger partial charge in [-0.15, -0.1) is 0 Å². The number of rotatable bonds is 60. The number of carbonyl (C=O) groups is 3. The first-order valence-electron chi connectivity index (χ1n) is 32.8. The molecule has 75 heavy (non-hydrogen) atoms. The predicted molar refractivity (Wildman–Crippen MR) is 325 cm³/mol. The van der Waals surface area contributed by atoms with Crippen molar-refractivity contribution in [1.82, 2.24) is 0 Å². The maximum Gasteiger partial charge on any atom is 0.306 e. The Labute approximate surface area is 466 Å². The highest BCUT2D eigenvalue weighted by Crippen LogP contribution is 2.17. The molecule has 0 saturated heterocycles. The smallest absolute Gasteiger partial charge is 0.306 e. The first-order chi connectivity index (χ1) is 37.0. The number of unbranched alkanes of at least 4 members (excludes halogenated alkanes) is 39. The van der Waals surface area contributed by atoms with Crippen molar-refractivity contribution in [2.24, 2.45) is 0 Å². The highest BCUT2D eigenvalue weighted by Gasteiger charge is 2.19. The molecule has 0 saturated carbocycles. The number of hydrogen-bond donors (Lipinski definition) is 0. The molecule has 0 aromatic heterocycles. The first kappa shape index (κ1) is 72.1. The average Bonchev–Trinajstić information content (AvgIpc) is 3.41. The molecular weight excluding hydrogens is 925 g/mol. The molecule has 0 N–H and O–H groups in total. The van der Waals surface area contributed by atoms with E-state index in [4.69, 9.17) is 14.2 Å². The molecule has 0 amide bonds. The van der Waals surface area contributed by atoms with Crippen molar-refractivity contribution in [3.8, 4) is 0 Å². The largest absolute Gasteiger partial charge is 0.462 e. The van der Waals surface area contributed by atoms with Gasteiger partial charge in [-0.25, -0.2) is 0 Å². The van der Waals surface area contributed by atoms with Crippen LogP contribution in [0.25, 0.3) is 0 Å². The molecule has 0 bridgehead atoms. The summed E-state index contributed by atoms with van der Waals surface area (Å²) in [6, 6.07) is 0. The predicted octanol–water partition coefficient (Wildman–Crippen LogP) is 22.3. The summed E-state index contributed by atoms with van der Waals surface area (Å²) in [5.74, 6) is -0.873. The van der Waals surface area contributed by atoms with Crippen LogP contribution in [0, 0.1) is 0 Å². The molecule has 0 radical (unpaired) electrons. The summed E-state index contributed by atoms with van der Waals surface area (Å²) in [5, 5.41) is 0. The second-order valence-electron chi connectivity index (χ2n) is 22.0. The van der Waals surface area contributed by atoms with Gasteiger partial charge in [-0.1, -0.05) is 281 Å². The summed E-state index contributed by atoms with van der Waals surface area (Å²) in [4.78, 5) is 38.4. The fourth-order valence-corrected chi connectivity index (χ4v) is 9.57. The average molecular weight is 1050 g/mol. The van der Waals surface area contributed by atoms with Crippen LogP contribution < -0.4 is 0 Å². The molecule has 0 aromatic rings. The van der Waals surface area contributed by atoms with E-state index < -0.39 is 6.10 Å². The van der Waals surface area contributed by atoms with E-state index in [1.807, 2.05) is 0 Å². The molecule has 6 heteroatoms.